The van der Waals surface area contributed by atoms with Crippen molar-refractivity contribution in [2.75, 3.05) is 13.2 Å². The maximum absolute atomic E-state index is 11.6. The van der Waals surface area contributed by atoms with Gasteiger partial charge >= 0.3 is 0 Å². The van der Waals surface area contributed by atoms with Crippen LogP contribution in [-0.4, -0.2) is 25.1 Å². The van der Waals surface area contributed by atoms with E-state index in [-0.39, 0.29) is 31.0 Å². The van der Waals surface area contributed by atoms with Gasteiger partial charge in [0.25, 0.3) is 5.91 Å². The molecule has 2 aromatic carbocycles. The van der Waals surface area contributed by atoms with Gasteiger partial charge in [-0.05, 0) is 36.2 Å². The minimum Gasteiger partial charge on any atom is -0.484 e. The molecule has 0 heterocycles. The van der Waals surface area contributed by atoms with E-state index in [1.165, 1.54) is 0 Å². The van der Waals surface area contributed by atoms with Crippen molar-refractivity contribution < 1.29 is 9.53 Å². The average molecular weight is 309 g/mol. The van der Waals surface area contributed by atoms with Crippen LogP contribution >= 0.6 is 12.4 Å². The molecule has 1 amide bonds. The van der Waals surface area contributed by atoms with E-state index >= 15 is 0 Å². The highest BCUT2D eigenvalue weighted by Crippen LogP contribution is 2.20. The lowest BCUT2D eigenvalue weighted by Gasteiger charge is -2.09. The molecule has 0 bridgehead atoms. The molecule has 0 radical (unpaired) electrons. The zero-order valence-electron chi connectivity index (χ0n) is 12.0. The van der Waals surface area contributed by atoms with Crippen molar-refractivity contribution in [3.05, 3.63) is 42.5 Å². The smallest absolute Gasteiger partial charge is 0.257 e. The highest BCUT2D eigenvalue weighted by atomic mass is 35.5. The first-order valence-electron chi connectivity index (χ1n) is 6.79. The maximum Gasteiger partial charge on any atom is 0.257 e. The van der Waals surface area contributed by atoms with Crippen molar-refractivity contribution in [1.82, 2.24) is 5.32 Å². The normalized spacial score (nSPS) is 11.5. The number of nitrogens with two attached hydrogens (primary N) is 1. The van der Waals surface area contributed by atoms with E-state index in [0.29, 0.717) is 12.3 Å². The number of carbonyl (C=O) groups excluding carboxylic acids is 1. The number of hydrogen-bond acceptors (Lipinski definition) is 3. The molecule has 21 heavy (non-hydrogen) atoms. The van der Waals surface area contributed by atoms with E-state index in [9.17, 15) is 4.79 Å². The molecule has 0 fully saturated rings. The second kappa shape index (κ2) is 8.49. The number of carbonyl (C=O) groups is 1. The molecule has 0 aliphatic carbocycles. The Morgan fingerprint density at radius 2 is 1.95 bits per heavy atom. The number of fused-ring (bicyclic) bond motifs is 1. The summed E-state index contributed by atoms with van der Waals surface area (Å²) >= 11 is 0. The molecule has 3 N–H and O–H groups in total. The Kier molecular flexibility index (Phi) is 6.99. The summed E-state index contributed by atoms with van der Waals surface area (Å²) in [6.45, 7) is 2.52. The predicted octanol–water partition coefficient (Wildman–Crippen LogP) is 2.49. The Morgan fingerprint density at radius 3 is 2.67 bits per heavy atom. The van der Waals surface area contributed by atoms with Crippen LogP contribution in [0.15, 0.2) is 42.5 Å². The number of benzene rings is 2. The fourth-order valence-electron chi connectivity index (χ4n) is 1.90. The number of amides is 1. The zero-order valence-corrected chi connectivity index (χ0v) is 12.9. The molecule has 5 heteroatoms. The molecule has 0 aromatic heterocycles. The van der Waals surface area contributed by atoms with Gasteiger partial charge in [-0.2, -0.15) is 0 Å². The Labute approximate surface area is 131 Å². The lowest BCUT2D eigenvalue weighted by atomic mass is 10.1. The van der Waals surface area contributed by atoms with Crippen LogP contribution in [-0.2, 0) is 4.79 Å². The largest absolute Gasteiger partial charge is 0.484 e. The molecular formula is C16H21ClN2O2. The number of halogens is 1. The summed E-state index contributed by atoms with van der Waals surface area (Å²) in [6, 6.07) is 13.9. The van der Waals surface area contributed by atoms with Gasteiger partial charge in [0.15, 0.2) is 6.61 Å². The molecule has 4 nitrogen and oxygen atoms in total. The first kappa shape index (κ1) is 17.3. The van der Waals surface area contributed by atoms with Crippen LogP contribution in [0.1, 0.15) is 13.3 Å². The lowest BCUT2D eigenvalue weighted by Crippen LogP contribution is -2.32. The Balaban J connectivity index is 0.00000220. The Hall–Kier alpha value is -1.78. The van der Waals surface area contributed by atoms with Gasteiger partial charge in [-0.25, -0.2) is 0 Å². The zero-order chi connectivity index (χ0) is 14.4. The summed E-state index contributed by atoms with van der Waals surface area (Å²) in [7, 11) is 0. The number of hydrogen-bond donors (Lipinski definition) is 2. The van der Waals surface area contributed by atoms with Crippen molar-refractivity contribution in [3.63, 3.8) is 0 Å². The van der Waals surface area contributed by atoms with E-state index in [0.717, 1.165) is 17.2 Å². The number of rotatable bonds is 6. The van der Waals surface area contributed by atoms with Crippen LogP contribution in [0.3, 0.4) is 0 Å². The molecule has 0 saturated carbocycles. The molecule has 1 unspecified atom stereocenters. The fraction of sp³-hybridized carbons (Fsp3) is 0.312. The van der Waals surface area contributed by atoms with Gasteiger partial charge in [0.1, 0.15) is 5.75 Å². The second-order valence-electron chi connectivity index (χ2n) is 4.91. The third-order valence-electron chi connectivity index (χ3n) is 3.01. The molecule has 2 aromatic rings. The van der Waals surface area contributed by atoms with E-state index < -0.39 is 0 Å². The van der Waals surface area contributed by atoms with E-state index in [2.05, 4.69) is 5.32 Å². The van der Waals surface area contributed by atoms with E-state index in [4.69, 9.17) is 10.5 Å². The van der Waals surface area contributed by atoms with Gasteiger partial charge in [0, 0.05) is 12.6 Å². The first-order chi connectivity index (χ1) is 9.65. The third-order valence-corrected chi connectivity index (χ3v) is 3.01. The topological polar surface area (TPSA) is 64.3 Å². The minimum absolute atomic E-state index is 0. The van der Waals surface area contributed by atoms with Crippen LogP contribution < -0.4 is 15.8 Å². The molecule has 0 aliphatic rings. The molecule has 1 atom stereocenters. The van der Waals surface area contributed by atoms with Crippen molar-refractivity contribution >= 4 is 29.1 Å². The highest BCUT2D eigenvalue weighted by Gasteiger charge is 2.03. The average Bonchev–Trinajstić information content (AvgIpc) is 2.44. The Morgan fingerprint density at radius 1 is 1.24 bits per heavy atom. The maximum atomic E-state index is 11.6. The summed E-state index contributed by atoms with van der Waals surface area (Å²) in [6.07, 6.45) is 0.766. The van der Waals surface area contributed by atoms with Crippen LogP contribution in [0.5, 0.6) is 5.75 Å². The van der Waals surface area contributed by atoms with E-state index in [1.54, 1.807) is 0 Å². The summed E-state index contributed by atoms with van der Waals surface area (Å²) < 4.78 is 5.49. The molecule has 114 valence electrons. The predicted molar refractivity (Wildman–Crippen MR) is 88.0 cm³/mol. The molecule has 0 aliphatic heterocycles. The van der Waals surface area contributed by atoms with Crippen LogP contribution in [0, 0.1) is 0 Å². The van der Waals surface area contributed by atoms with Crippen LogP contribution in [0.2, 0.25) is 0 Å². The summed E-state index contributed by atoms with van der Waals surface area (Å²) in [5, 5.41) is 5.03. The van der Waals surface area contributed by atoms with Gasteiger partial charge in [0.2, 0.25) is 0 Å². The lowest BCUT2D eigenvalue weighted by molar-refractivity contribution is -0.123. The molecule has 0 saturated heterocycles. The van der Waals surface area contributed by atoms with Gasteiger partial charge in [-0.15, -0.1) is 12.4 Å². The number of nitrogens with one attached hydrogen (secondary N) is 1. The van der Waals surface area contributed by atoms with Crippen LogP contribution in [0.4, 0.5) is 0 Å². The van der Waals surface area contributed by atoms with Crippen molar-refractivity contribution in [2.24, 2.45) is 5.73 Å². The van der Waals surface area contributed by atoms with Gasteiger partial charge < -0.3 is 15.8 Å². The monoisotopic (exact) mass is 308 g/mol. The molecular weight excluding hydrogens is 288 g/mol. The summed E-state index contributed by atoms with van der Waals surface area (Å²) in [5.41, 5.74) is 5.61. The second-order valence-corrected chi connectivity index (χ2v) is 4.91. The van der Waals surface area contributed by atoms with Gasteiger partial charge in [0.05, 0.1) is 0 Å². The van der Waals surface area contributed by atoms with Crippen molar-refractivity contribution in [3.8, 4) is 5.75 Å². The standard InChI is InChI=1S/C16H20N2O2.ClH/c1-12(17)8-9-18-16(19)11-20-15-7-6-13-4-2-3-5-14(13)10-15;/h2-7,10,12H,8-9,11,17H2,1H3,(H,18,19);1H. The Bertz CT molecular complexity index is 587. The van der Waals surface area contributed by atoms with Crippen molar-refractivity contribution in [2.45, 2.75) is 19.4 Å². The van der Waals surface area contributed by atoms with Crippen molar-refractivity contribution in [1.29, 1.82) is 0 Å². The van der Waals surface area contributed by atoms with Crippen LogP contribution in [0.25, 0.3) is 10.8 Å². The quantitative estimate of drug-likeness (QED) is 0.862. The third kappa shape index (κ3) is 5.61. The van der Waals surface area contributed by atoms with Gasteiger partial charge in [-0.3, -0.25) is 4.79 Å². The van der Waals surface area contributed by atoms with Gasteiger partial charge in [-0.1, -0.05) is 30.3 Å². The number of ether oxygens (including phenoxy) is 1. The molecule has 2 rings (SSSR count). The SMILES string of the molecule is CC(N)CCNC(=O)COc1ccc2ccccc2c1.Cl. The highest BCUT2D eigenvalue weighted by molar-refractivity contribution is 5.85. The fourth-order valence-corrected chi connectivity index (χ4v) is 1.90. The summed E-state index contributed by atoms with van der Waals surface area (Å²) in [4.78, 5) is 11.6. The minimum atomic E-state index is -0.126. The molecule has 0 spiro atoms. The van der Waals surface area contributed by atoms with E-state index in [1.807, 2.05) is 49.4 Å². The summed E-state index contributed by atoms with van der Waals surface area (Å²) in [5.74, 6) is 0.574. The first-order valence-corrected chi connectivity index (χ1v) is 6.79.